The Morgan fingerprint density at radius 3 is 2.64 bits per heavy atom. The summed E-state index contributed by atoms with van der Waals surface area (Å²) in [5, 5.41) is 0.209. The van der Waals surface area contributed by atoms with Gasteiger partial charge in [-0.25, -0.2) is 0 Å². The molecule has 14 heavy (non-hydrogen) atoms. The number of aryl methyl sites for hydroxylation is 1. The van der Waals surface area contributed by atoms with Crippen molar-refractivity contribution in [2.24, 2.45) is 5.41 Å². The van der Waals surface area contributed by atoms with Crippen LogP contribution in [0, 0.1) is 12.3 Å². The van der Waals surface area contributed by atoms with Crippen molar-refractivity contribution in [2.75, 3.05) is 0 Å². The second-order valence-electron chi connectivity index (χ2n) is 4.15. The van der Waals surface area contributed by atoms with Gasteiger partial charge in [0.25, 0.3) is 0 Å². The second-order valence-corrected chi connectivity index (χ2v) is 6.73. The number of alkyl halides is 1. The molecule has 0 bridgehead atoms. The van der Waals surface area contributed by atoms with Gasteiger partial charge in [-0.2, -0.15) is 0 Å². The van der Waals surface area contributed by atoms with E-state index >= 15 is 0 Å². The highest BCUT2D eigenvalue weighted by Crippen LogP contribution is 2.61. The number of halogens is 2. The average molecular weight is 294 g/mol. The lowest BCUT2D eigenvalue weighted by atomic mass is 9.98. The molecular weight excluding hydrogens is 280 g/mol. The molecule has 78 valence electrons. The van der Waals surface area contributed by atoms with Gasteiger partial charge in [-0.05, 0) is 53.6 Å². The van der Waals surface area contributed by atoms with Gasteiger partial charge in [0.1, 0.15) is 0 Å². The minimum absolute atomic E-state index is 0.209. The Hall–Kier alpha value is 0.470. The zero-order valence-corrected chi connectivity index (χ0v) is 11.6. The summed E-state index contributed by atoms with van der Waals surface area (Å²) in [7, 11) is 0. The first kappa shape index (κ1) is 11.0. The summed E-state index contributed by atoms with van der Waals surface area (Å²) in [4.78, 5) is 2.66. The van der Waals surface area contributed by atoms with Crippen LogP contribution in [0.1, 0.15) is 41.3 Å². The molecule has 0 spiro atoms. The molecular formula is C11H14BrClS. The molecule has 0 aliphatic heterocycles. The lowest BCUT2D eigenvalue weighted by molar-refractivity contribution is 0.475. The zero-order chi connectivity index (χ0) is 10.3. The molecule has 0 nitrogen and oxygen atoms in total. The molecule has 0 N–H and O–H groups in total. The molecule has 0 aromatic carbocycles. The highest BCUT2D eigenvalue weighted by atomic mass is 79.9. The Labute approximate surface area is 103 Å². The molecule has 3 heteroatoms. The third-order valence-electron chi connectivity index (χ3n) is 3.20. The van der Waals surface area contributed by atoms with E-state index in [0.29, 0.717) is 5.41 Å². The molecule has 2 rings (SSSR count). The summed E-state index contributed by atoms with van der Waals surface area (Å²) in [5.74, 6) is 0. The van der Waals surface area contributed by atoms with Gasteiger partial charge in [0.05, 0.1) is 5.38 Å². The lowest BCUT2D eigenvalue weighted by Crippen LogP contribution is -2.06. The summed E-state index contributed by atoms with van der Waals surface area (Å²) in [6.45, 7) is 4.38. The first-order chi connectivity index (χ1) is 6.59. The Morgan fingerprint density at radius 1 is 1.64 bits per heavy atom. The largest absolute Gasteiger partial charge is 0.143 e. The average Bonchev–Trinajstić information content (AvgIpc) is 2.87. The summed E-state index contributed by atoms with van der Waals surface area (Å²) in [6, 6.07) is 2.17. The SMILES string of the molecule is CCC1(C(Cl)c2sc(C)cc2Br)CC1. The van der Waals surface area contributed by atoms with Gasteiger partial charge >= 0.3 is 0 Å². The molecule has 1 fully saturated rings. The molecule has 1 aliphatic carbocycles. The molecule has 0 amide bonds. The van der Waals surface area contributed by atoms with Gasteiger partial charge < -0.3 is 0 Å². The van der Waals surface area contributed by atoms with Crippen molar-refractivity contribution >= 4 is 38.9 Å². The van der Waals surface area contributed by atoms with Gasteiger partial charge in [-0.15, -0.1) is 22.9 Å². The third kappa shape index (κ3) is 1.77. The number of rotatable bonds is 3. The molecule has 1 aliphatic rings. The van der Waals surface area contributed by atoms with Crippen molar-refractivity contribution in [2.45, 2.75) is 38.5 Å². The fourth-order valence-electron chi connectivity index (χ4n) is 1.90. The van der Waals surface area contributed by atoms with E-state index in [1.807, 2.05) is 11.3 Å². The number of hydrogen-bond acceptors (Lipinski definition) is 1. The lowest BCUT2D eigenvalue weighted by Gasteiger charge is -2.18. The summed E-state index contributed by atoms with van der Waals surface area (Å²) >= 11 is 12.0. The van der Waals surface area contributed by atoms with E-state index in [-0.39, 0.29) is 5.38 Å². The van der Waals surface area contributed by atoms with E-state index in [1.54, 1.807) is 0 Å². The van der Waals surface area contributed by atoms with E-state index in [9.17, 15) is 0 Å². The van der Waals surface area contributed by atoms with Crippen LogP contribution in [0.5, 0.6) is 0 Å². The van der Waals surface area contributed by atoms with E-state index in [0.717, 1.165) is 0 Å². The molecule has 1 heterocycles. The topological polar surface area (TPSA) is 0 Å². The smallest absolute Gasteiger partial charge is 0.0746 e. The van der Waals surface area contributed by atoms with Crippen LogP contribution in [0.15, 0.2) is 10.5 Å². The molecule has 0 radical (unpaired) electrons. The van der Waals surface area contributed by atoms with Crippen LogP contribution in [0.25, 0.3) is 0 Å². The molecule has 1 atom stereocenters. The first-order valence-electron chi connectivity index (χ1n) is 4.99. The molecule has 1 unspecified atom stereocenters. The van der Waals surface area contributed by atoms with Gasteiger partial charge in [0.15, 0.2) is 0 Å². The van der Waals surface area contributed by atoms with Crippen LogP contribution in [0.2, 0.25) is 0 Å². The Balaban J connectivity index is 2.27. The summed E-state index contributed by atoms with van der Waals surface area (Å²) in [5.41, 5.74) is 0.404. The molecule has 1 saturated carbocycles. The predicted octanol–water partition coefficient (Wildman–Crippen LogP) is 5.29. The van der Waals surface area contributed by atoms with Crippen LogP contribution in [-0.4, -0.2) is 0 Å². The molecule has 1 aromatic heterocycles. The van der Waals surface area contributed by atoms with Gasteiger partial charge in [-0.3, -0.25) is 0 Å². The maximum absolute atomic E-state index is 6.56. The Morgan fingerprint density at radius 2 is 2.29 bits per heavy atom. The van der Waals surface area contributed by atoms with Crippen LogP contribution < -0.4 is 0 Å². The fraction of sp³-hybridized carbons (Fsp3) is 0.636. The Kier molecular flexibility index (Phi) is 2.98. The number of thiophene rings is 1. The standard InChI is InChI=1S/C11H14BrClS/c1-3-11(4-5-11)10(13)9-8(12)6-7(2)14-9/h6,10H,3-5H2,1-2H3. The highest BCUT2D eigenvalue weighted by Gasteiger charge is 2.48. The molecule has 0 saturated heterocycles. The van der Waals surface area contributed by atoms with Crippen molar-refractivity contribution in [1.82, 2.24) is 0 Å². The predicted molar refractivity (Wildman–Crippen MR) is 67.3 cm³/mol. The van der Waals surface area contributed by atoms with Crippen molar-refractivity contribution < 1.29 is 0 Å². The van der Waals surface area contributed by atoms with Crippen molar-refractivity contribution in [3.8, 4) is 0 Å². The highest BCUT2D eigenvalue weighted by molar-refractivity contribution is 9.10. The van der Waals surface area contributed by atoms with E-state index in [4.69, 9.17) is 11.6 Å². The van der Waals surface area contributed by atoms with Crippen LogP contribution in [-0.2, 0) is 0 Å². The van der Waals surface area contributed by atoms with Crippen LogP contribution in [0.3, 0.4) is 0 Å². The van der Waals surface area contributed by atoms with Crippen molar-refractivity contribution in [3.05, 3.63) is 20.3 Å². The first-order valence-corrected chi connectivity index (χ1v) is 7.03. The van der Waals surface area contributed by atoms with Crippen LogP contribution in [0.4, 0.5) is 0 Å². The second kappa shape index (κ2) is 3.80. The summed E-state index contributed by atoms with van der Waals surface area (Å²) < 4.78 is 1.19. The Bertz CT molecular complexity index is 341. The monoisotopic (exact) mass is 292 g/mol. The fourth-order valence-corrected chi connectivity index (χ4v) is 4.65. The zero-order valence-electron chi connectivity index (χ0n) is 8.44. The number of hydrogen-bond donors (Lipinski definition) is 0. The minimum atomic E-state index is 0.209. The van der Waals surface area contributed by atoms with Crippen molar-refractivity contribution in [3.63, 3.8) is 0 Å². The maximum Gasteiger partial charge on any atom is 0.0746 e. The van der Waals surface area contributed by atoms with E-state index in [1.165, 1.54) is 33.5 Å². The summed E-state index contributed by atoms with van der Waals surface area (Å²) in [6.07, 6.45) is 3.78. The minimum Gasteiger partial charge on any atom is -0.143 e. The van der Waals surface area contributed by atoms with Crippen molar-refractivity contribution in [1.29, 1.82) is 0 Å². The molecule has 1 aromatic rings. The third-order valence-corrected chi connectivity index (χ3v) is 6.04. The van der Waals surface area contributed by atoms with Gasteiger partial charge in [0.2, 0.25) is 0 Å². The quantitative estimate of drug-likeness (QED) is 0.664. The van der Waals surface area contributed by atoms with Gasteiger partial charge in [0, 0.05) is 14.2 Å². The van der Waals surface area contributed by atoms with E-state index in [2.05, 4.69) is 35.8 Å². The van der Waals surface area contributed by atoms with Crippen LogP contribution >= 0.6 is 38.9 Å². The maximum atomic E-state index is 6.56. The van der Waals surface area contributed by atoms with Gasteiger partial charge in [-0.1, -0.05) is 6.92 Å². The van der Waals surface area contributed by atoms with E-state index < -0.39 is 0 Å². The normalized spacial score (nSPS) is 20.9.